The Morgan fingerprint density at radius 1 is 1.00 bits per heavy atom. The molecule has 2 nitrogen and oxygen atoms in total. The fourth-order valence-electron chi connectivity index (χ4n) is 2.72. The molecular formula is C18H20N2. The third-order valence-electron chi connectivity index (χ3n) is 4.01. The molecule has 0 bridgehead atoms. The molecule has 3 aromatic rings. The molecule has 0 aliphatic rings. The highest BCUT2D eigenvalue weighted by Gasteiger charge is 2.08. The van der Waals surface area contributed by atoms with Crippen molar-refractivity contribution in [3.05, 3.63) is 65.0 Å². The Hall–Kier alpha value is -2.09. The average molecular weight is 264 g/mol. The van der Waals surface area contributed by atoms with E-state index in [0.717, 1.165) is 24.2 Å². The summed E-state index contributed by atoms with van der Waals surface area (Å²) in [7, 11) is 2.11. The Kier molecular flexibility index (Phi) is 3.31. The van der Waals surface area contributed by atoms with Crippen molar-refractivity contribution in [2.45, 2.75) is 26.7 Å². The number of aromatic nitrogens is 2. The largest absolute Gasteiger partial charge is 0.331 e. The van der Waals surface area contributed by atoms with Crippen molar-refractivity contribution >= 4 is 11.0 Å². The molecule has 0 fully saturated rings. The van der Waals surface area contributed by atoms with Gasteiger partial charge in [0.2, 0.25) is 0 Å². The zero-order valence-corrected chi connectivity index (χ0v) is 12.4. The van der Waals surface area contributed by atoms with Crippen LogP contribution in [0, 0.1) is 13.8 Å². The SMILES string of the molecule is Cc1ccc2c(c1)nc(CCc1ccccc1C)n2C. The fraction of sp³-hybridized carbons (Fsp3) is 0.278. The molecule has 0 amide bonds. The quantitative estimate of drug-likeness (QED) is 0.699. The van der Waals surface area contributed by atoms with E-state index in [-0.39, 0.29) is 0 Å². The minimum Gasteiger partial charge on any atom is -0.331 e. The summed E-state index contributed by atoms with van der Waals surface area (Å²) in [5, 5.41) is 0. The lowest BCUT2D eigenvalue weighted by Crippen LogP contribution is -2.01. The van der Waals surface area contributed by atoms with Gasteiger partial charge in [0.05, 0.1) is 11.0 Å². The van der Waals surface area contributed by atoms with Crippen molar-refractivity contribution < 1.29 is 0 Å². The first-order chi connectivity index (χ1) is 9.65. The maximum atomic E-state index is 4.78. The smallest absolute Gasteiger partial charge is 0.109 e. The average Bonchev–Trinajstić information content (AvgIpc) is 2.74. The first-order valence-electron chi connectivity index (χ1n) is 7.11. The van der Waals surface area contributed by atoms with Gasteiger partial charge in [0, 0.05) is 13.5 Å². The van der Waals surface area contributed by atoms with Crippen LogP contribution in [0.15, 0.2) is 42.5 Å². The Morgan fingerprint density at radius 2 is 1.80 bits per heavy atom. The van der Waals surface area contributed by atoms with Crippen molar-refractivity contribution in [2.75, 3.05) is 0 Å². The van der Waals surface area contributed by atoms with E-state index in [9.17, 15) is 0 Å². The van der Waals surface area contributed by atoms with Crippen LogP contribution in [0.25, 0.3) is 11.0 Å². The first-order valence-corrected chi connectivity index (χ1v) is 7.11. The standard InChI is InChI=1S/C18H20N2/c1-13-8-10-17-16(12-13)19-18(20(17)3)11-9-15-7-5-4-6-14(15)2/h4-8,10,12H,9,11H2,1-3H3. The van der Waals surface area contributed by atoms with Gasteiger partial charge >= 0.3 is 0 Å². The van der Waals surface area contributed by atoms with Crippen LogP contribution in [0.1, 0.15) is 22.5 Å². The van der Waals surface area contributed by atoms with Crippen molar-refractivity contribution in [3.63, 3.8) is 0 Å². The lowest BCUT2D eigenvalue weighted by Gasteiger charge is -2.05. The van der Waals surface area contributed by atoms with Crippen molar-refractivity contribution in [1.29, 1.82) is 0 Å². The van der Waals surface area contributed by atoms with E-state index in [0.29, 0.717) is 0 Å². The number of imidazole rings is 1. The molecule has 0 radical (unpaired) electrons. The lowest BCUT2D eigenvalue weighted by molar-refractivity contribution is 0.785. The van der Waals surface area contributed by atoms with Crippen LogP contribution in [0.2, 0.25) is 0 Å². The number of benzene rings is 2. The summed E-state index contributed by atoms with van der Waals surface area (Å²) in [4.78, 5) is 4.78. The Morgan fingerprint density at radius 3 is 2.60 bits per heavy atom. The van der Waals surface area contributed by atoms with E-state index in [2.05, 4.69) is 67.9 Å². The van der Waals surface area contributed by atoms with Crippen LogP contribution in [-0.4, -0.2) is 9.55 Å². The van der Waals surface area contributed by atoms with Crippen LogP contribution in [-0.2, 0) is 19.9 Å². The molecule has 0 aliphatic carbocycles. The molecule has 0 unspecified atom stereocenters. The molecule has 3 rings (SSSR count). The van der Waals surface area contributed by atoms with Gasteiger partial charge in [-0.15, -0.1) is 0 Å². The van der Waals surface area contributed by atoms with Gasteiger partial charge in [-0.3, -0.25) is 0 Å². The van der Waals surface area contributed by atoms with Gasteiger partial charge in [0.15, 0.2) is 0 Å². The van der Waals surface area contributed by atoms with Crippen LogP contribution in [0.5, 0.6) is 0 Å². The topological polar surface area (TPSA) is 17.8 Å². The number of rotatable bonds is 3. The monoisotopic (exact) mass is 264 g/mol. The molecule has 102 valence electrons. The summed E-state index contributed by atoms with van der Waals surface area (Å²) in [6.45, 7) is 4.29. The van der Waals surface area contributed by atoms with E-state index >= 15 is 0 Å². The van der Waals surface area contributed by atoms with Crippen molar-refractivity contribution in [2.24, 2.45) is 7.05 Å². The second-order valence-corrected chi connectivity index (χ2v) is 5.51. The van der Waals surface area contributed by atoms with E-state index < -0.39 is 0 Å². The molecule has 0 saturated carbocycles. The predicted octanol–water partition coefficient (Wildman–Crippen LogP) is 3.98. The maximum absolute atomic E-state index is 4.78. The minimum absolute atomic E-state index is 0.981. The Balaban J connectivity index is 1.88. The molecule has 0 spiro atoms. The molecule has 0 atom stereocenters. The number of nitrogens with zero attached hydrogens (tertiary/aromatic N) is 2. The summed E-state index contributed by atoms with van der Waals surface area (Å²) in [5.41, 5.74) is 6.36. The summed E-state index contributed by atoms with van der Waals surface area (Å²) >= 11 is 0. The molecule has 2 heteroatoms. The predicted molar refractivity (Wildman–Crippen MR) is 84.0 cm³/mol. The number of fused-ring (bicyclic) bond motifs is 1. The minimum atomic E-state index is 0.981. The molecule has 1 aromatic heterocycles. The van der Waals surface area contributed by atoms with Crippen molar-refractivity contribution in [1.82, 2.24) is 9.55 Å². The van der Waals surface area contributed by atoms with E-state index in [1.807, 2.05) is 0 Å². The summed E-state index contributed by atoms with van der Waals surface area (Å²) in [5.74, 6) is 1.16. The fourth-order valence-corrected chi connectivity index (χ4v) is 2.72. The van der Waals surface area contributed by atoms with E-state index in [1.54, 1.807) is 0 Å². The molecule has 0 saturated heterocycles. The van der Waals surface area contributed by atoms with E-state index in [4.69, 9.17) is 4.98 Å². The third-order valence-corrected chi connectivity index (χ3v) is 4.01. The van der Waals surface area contributed by atoms with Gasteiger partial charge in [-0.1, -0.05) is 30.3 Å². The highest BCUT2D eigenvalue weighted by Crippen LogP contribution is 2.18. The number of aryl methyl sites for hydroxylation is 5. The van der Waals surface area contributed by atoms with Gasteiger partial charge in [-0.2, -0.15) is 0 Å². The van der Waals surface area contributed by atoms with Crippen LogP contribution >= 0.6 is 0 Å². The van der Waals surface area contributed by atoms with Crippen molar-refractivity contribution in [3.8, 4) is 0 Å². The van der Waals surface area contributed by atoms with Gasteiger partial charge in [-0.25, -0.2) is 4.98 Å². The molecule has 1 heterocycles. The zero-order chi connectivity index (χ0) is 14.1. The van der Waals surface area contributed by atoms with E-state index in [1.165, 1.54) is 22.2 Å². The third kappa shape index (κ3) is 2.34. The molecular weight excluding hydrogens is 244 g/mol. The lowest BCUT2D eigenvalue weighted by atomic mass is 10.0. The molecule has 0 N–H and O–H groups in total. The molecule has 20 heavy (non-hydrogen) atoms. The molecule has 0 aliphatic heterocycles. The highest BCUT2D eigenvalue weighted by molar-refractivity contribution is 5.76. The van der Waals surface area contributed by atoms with Gasteiger partial charge in [0.1, 0.15) is 5.82 Å². The van der Waals surface area contributed by atoms with Gasteiger partial charge in [0.25, 0.3) is 0 Å². The summed E-state index contributed by atoms with van der Waals surface area (Å²) in [6, 6.07) is 15.1. The normalized spacial score (nSPS) is 11.2. The Bertz CT molecular complexity index is 753. The summed E-state index contributed by atoms with van der Waals surface area (Å²) < 4.78 is 2.22. The van der Waals surface area contributed by atoms with Crippen LogP contribution in [0.3, 0.4) is 0 Å². The number of hydrogen-bond acceptors (Lipinski definition) is 1. The first kappa shape index (κ1) is 12.9. The van der Waals surface area contributed by atoms with Crippen LogP contribution in [0.4, 0.5) is 0 Å². The van der Waals surface area contributed by atoms with Crippen LogP contribution < -0.4 is 0 Å². The second-order valence-electron chi connectivity index (χ2n) is 5.51. The second kappa shape index (κ2) is 5.12. The number of hydrogen-bond donors (Lipinski definition) is 0. The highest BCUT2D eigenvalue weighted by atomic mass is 15.1. The van der Waals surface area contributed by atoms with Gasteiger partial charge in [-0.05, 0) is 49.1 Å². The maximum Gasteiger partial charge on any atom is 0.109 e. The Labute approximate surface area is 120 Å². The zero-order valence-electron chi connectivity index (χ0n) is 12.4. The summed E-state index contributed by atoms with van der Waals surface area (Å²) in [6.07, 6.45) is 2.03. The molecule has 2 aromatic carbocycles. The van der Waals surface area contributed by atoms with Gasteiger partial charge < -0.3 is 4.57 Å².